The maximum Gasteiger partial charge on any atom is 0.326 e. The van der Waals surface area contributed by atoms with E-state index in [0.29, 0.717) is 25.1 Å². The molecule has 0 heterocycles. The number of nitrogens with zero attached hydrogens (tertiary/aromatic N) is 1. The molecule has 0 rings (SSSR count). The van der Waals surface area contributed by atoms with Crippen molar-refractivity contribution in [2.24, 2.45) is 28.1 Å². The number of guanidine groups is 1. The van der Waals surface area contributed by atoms with Gasteiger partial charge in [-0.15, -0.1) is 0 Å². The van der Waals surface area contributed by atoms with Gasteiger partial charge in [0.05, 0.1) is 6.04 Å². The van der Waals surface area contributed by atoms with Crippen molar-refractivity contribution in [3.8, 4) is 0 Å². The summed E-state index contributed by atoms with van der Waals surface area (Å²) in [5.74, 6) is -2.39. The van der Waals surface area contributed by atoms with E-state index in [4.69, 9.17) is 17.2 Å². The summed E-state index contributed by atoms with van der Waals surface area (Å²) in [7, 11) is 0. The first-order chi connectivity index (χ1) is 15.9. The van der Waals surface area contributed by atoms with Crippen molar-refractivity contribution >= 4 is 54.0 Å². The number of thiol groups is 1. The summed E-state index contributed by atoms with van der Waals surface area (Å²) in [5, 5.41) is 17.0. The van der Waals surface area contributed by atoms with Gasteiger partial charge in [0.2, 0.25) is 17.7 Å². The van der Waals surface area contributed by atoms with E-state index < -0.39 is 47.9 Å². The first-order valence-corrected chi connectivity index (χ1v) is 13.0. The SMILES string of the molecule is CSCCC(NC(=O)C(CS)NC(=O)C(N)CCCN=C(N)N)C(=O)NC(CC(C)C)C(=O)O. The summed E-state index contributed by atoms with van der Waals surface area (Å²) < 4.78 is 0. The zero-order valence-electron chi connectivity index (χ0n) is 20.0. The monoisotopic (exact) mass is 521 g/mol. The van der Waals surface area contributed by atoms with Gasteiger partial charge in [0.25, 0.3) is 0 Å². The quantitative estimate of drug-likeness (QED) is 0.0490. The van der Waals surface area contributed by atoms with Crippen LogP contribution in [0.25, 0.3) is 0 Å². The maximum atomic E-state index is 12.8. The summed E-state index contributed by atoms with van der Waals surface area (Å²) in [6, 6.07) is -3.96. The Morgan fingerprint density at radius 2 is 1.53 bits per heavy atom. The minimum atomic E-state index is -1.15. The number of aliphatic imine (C=N–C) groups is 1. The molecule has 10 N–H and O–H groups in total. The van der Waals surface area contributed by atoms with E-state index >= 15 is 0 Å². The Morgan fingerprint density at radius 1 is 0.971 bits per heavy atom. The lowest BCUT2D eigenvalue weighted by Gasteiger charge is -2.25. The highest BCUT2D eigenvalue weighted by molar-refractivity contribution is 7.98. The number of nitrogens with one attached hydrogen (secondary N) is 3. The average molecular weight is 522 g/mol. The lowest BCUT2D eigenvalue weighted by atomic mass is 10.0. The Labute approximate surface area is 210 Å². The van der Waals surface area contributed by atoms with Crippen LogP contribution in [0, 0.1) is 5.92 Å². The van der Waals surface area contributed by atoms with Gasteiger partial charge in [0.15, 0.2) is 5.96 Å². The molecule has 12 nitrogen and oxygen atoms in total. The Balaban J connectivity index is 5.10. The molecule has 4 unspecified atom stereocenters. The number of hydrogen-bond donors (Lipinski definition) is 8. The molecule has 0 aromatic heterocycles. The molecule has 3 amide bonds. The molecule has 0 bridgehead atoms. The van der Waals surface area contributed by atoms with Gasteiger partial charge < -0.3 is 38.3 Å². The second-order valence-corrected chi connectivity index (χ2v) is 9.52. The van der Waals surface area contributed by atoms with Gasteiger partial charge in [-0.3, -0.25) is 19.4 Å². The maximum absolute atomic E-state index is 12.8. The predicted molar refractivity (Wildman–Crippen MR) is 138 cm³/mol. The van der Waals surface area contributed by atoms with Crippen LogP contribution in [0.2, 0.25) is 0 Å². The van der Waals surface area contributed by atoms with Crippen LogP contribution < -0.4 is 33.2 Å². The number of amides is 3. The fourth-order valence-electron chi connectivity index (χ4n) is 2.87. The molecular weight excluding hydrogens is 482 g/mol. The smallest absolute Gasteiger partial charge is 0.326 e. The third-order valence-electron chi connectivity index (χ3n) is 4.69. The summed E-state index contributed by atoms with van der Waals surface area (Å²) in [5.41, 5.74) is 16.4. The van der Waals surface area contributed by atoms with Gasteiger partial charge in [0.1, 0.15) is 18.1 Å². The number of rotatable bonds is 17. The zero-order chi connectivity index (χ0) is 26.3. The van der Waals surface area contributed by atoms with E-state index in [1.165, 1.54) is 11.8 Å². The van der Waals surface area contributed by atoms with E-state index in [-0.39, 0.29) is 30.5 Å². The van der Waals surface area contributed by atoms with E-state index in [1.807, 2.05) is 20.1 Å². The highest BCUT2D eigenvalue weighted by atomic mass is 32.2. The number of carboxylic acids is 1. The van der Waals surface area contributed by atoms with Crippen LogP contribution in [0.1, 0.15) is 39.5 Å². The van der Waals surface area contributed by atoms with Crippen LogP contribution in [0.15, 0.2) is 4.99 Å². The van der Waals surface area contributed by atoms with Crippen molar-refractivity contribution < 1.29 is 24.3 Å². The molecule has 0 radical (unpaired) electrons. The second-order valence-electron chi connectivity index (χ2n) is 8.17. The second kappa shape index (κ2) is 17.3. The van der Waals surface area contributed by atoms with Crippen LogP contribution in [0.5, 0.6) is 0 Å². The fourth-order valence-corrected chi connectivity index (χ4v) is 3.59. The topological polar surface area (TPSA) is 215 Å². The Hall–Kier alpha value is -2.19. The third kappa shape index (κ3) is 13.5. The minimum Gasteiger partial charge on any atom is -0.480 e. The Kier molecular flexibility index (Phi) is 16.2. The fraction of sp³-hybridized carbons (Fsp3) is 0.750. The van der Waals surface area contributed by atoms with Gasteiger partial charge in [-0.05, 0) is 43.6 Å². The van der Waals surface area contributed by atoms with Crippen molar-refractivity contribution in [1.82, 2.24) is 16.0 Å². The molecule has 0 aliphatic heterocycles. The molecule has 0 aromatic carbocycles. The Bertz CT molecular complexity index is 705. The highest BCUT2D eigenvalue weighted by Gasteiger charge is 2.29. The van der Waals surface area contributed by atoms with Gasteiger partial charge in [-0.1, -0.05) is 13.8 Å². The molecule has 14 heteroatoms. The van der Waals surface area contributed by atoms with Crippen LogP contribution in [0.3, 0.4) is 0 Å². The van der Waals surface area contributed by atoms with Crippen LogP contribution in [-0.4, -0.2) is 83.2 Å². The number of carbonyl (C=O) groups is 4. The molecule has 0 saturated heterocycles. The van der Waals surface area contributed by atoms with Crippen molar-refractivity contribution in [3.05, 3.63) is 0 Å². The molecule has 0 aliphatic rings. The lowest BCUT2D eigenvalue weighted by Crippen LogP contribution is -2.57. The van der Waals surface area contributed by atoms with E-state index in [0.717, 1.165) is 0 Å². The van der Waals surface area contributed by atoms with Crippen LogP contribution in [0.4, 0.5) is 0 Å². The number of carboxylic acid groups (broad SMARTS) is 1. The first kappa shape index (κ1) is 31.8. The molecule has 0 aromatic rings. The van der Waals surface area contributed by atoms with Crippen molar-refractivity contribution in [2.45, 2.75) is 63.7 Å². The number of aliphatic carboxylic acids is 1. The van der Waals surface area contributed by atoms with Crippen LogP contribution in [-0.2, 0) is 19.2 Å². The third-order valence-corrected chi connectivity index (χ3v) is 5.69. The van der Waals surface area contributed by atoms with E-state index in [2.05, 4.69) is 33.6 Å². The molecule has 34 heavy (non-hydrogen) atoms. The minimum absolute atomic E-state index is 0.0275. The number of hydrogen-bond acceptors (Lipinski definition) is 8. The molecular formula is C20H39N7O5S2. The lowest BCUT2D eigenvalue weighted by molar-refractivity contribution is -0.142. The van der Waals surface area contributed by atoms with Crippen molar-refractivity contribution in [2.75, 3.05) is 24.3 Å². The molecule has 0 spiro atoms. The molecule has 0 fully saturated rings. The first-order valence-electron chi connectivity index (χ1n) is 11.0. The number of nitrogens with two attached hydrogens (primary N) is 3. The zero-order valence-corrected chi connectivity index (χ0v) is 21.7. The van der Waals surface area contributed by atoms with Gasteiger partial charge >= 0.3 is 5.97 Å². The molecule has 0 aliphatic carbocycles. The van der Waals surface area contributed by atoms with Gasteiger partial charge in [-0.25, -0.2) is 4.79 Å². The summed E-state index contributed by atoms with van der Waals surface area (Å²) >= 11 is 5.60. The largest absolute Gasteiger partial charge is 0.480 e. The number of thioether (sulfide) groups is 1. The summed E-state index contributed by atoms with van der Waals surface area (Å²) in [6.07, 6.45) is 3.16. The highest BCUT2D eigenvalue weighted by Crippen LogP contribution is 2.08. The molecule has 0 saturated carbocycles. The van der Waals surface area contributed by atoms with Crippen LogP contribution >= 0.6 is 24.4 Å². The predicted octanol–water partition coefficient (Wildman–Crippen LogP) is -1.36. The van der Waals surface area contributed by atoms with Gasteiger partial charge in [-0.2, -0.15) is 24.4 Å². The van der Waals surface area contributed by atoms with Gasteiger partial charge in [0, 0.05) is 12.3 Å². The normalized spacial score (nSPS) is 14.4. The summed E-state index contributed by atoms with van der Waals surface area (Å²) in [6.45, 7) is 4.02. The van der Waals surface area contributed by atoms with Crippen molar-refractivity contribution in [3.63, 3.8) is 0 Å². The summed E-state index contributed by atoms with van der Waals surface area (Å²) in [4.78, 5) is 53.2. The van der Waals surface area contributed by atoms with Crippen molar-refractivity contribution in [1.29, 1.82) is 0 Å². The Morgan fingerprint density at radius 3 is 2.03 bits per heavy atom. The molecule has 4 atom stereocenters. The molecule has 196 valence electrons. The van der Waals surface area contributed by atoms with E-state index in [9.17, 15) is 24.3 Å². The van der Waals surface area contributed by atoms with E-state index in [1.54, 1.807) is 0 Å². The average Bonchev–Trinajstić information content (AvgIpc) is 2.76. The number of carbonyl (C=O) groups excluding carboxylic acids is 3. The standard InChI is InChI=1S/C20H39N7O5S2/c1-11(2)9-14(19(31)32)26-17(29)13(6-8-34-3)25-18(30)15(10-33)27-16(28)12(21)5-4-7-24-20(22)23/h11-15,33H,4-10,21H2,1-3H3,(H,25,30)(H,26,29)(H,27,28)(H,31,32)(H4,22,23,24).